The molecular formula is C68H126O6. The van der Waals surface area contributed by atoms with Crippen molar-refractivity contribution in [1.29, 1.82) is 0 Å². The lowest BCUT2D eigenvalue weighted by Crippen LogP contribution is -2.30. The Morgan fingerprint density at radius 2 is 0.486 bits per heavy atom. The van der Waals surface area contributed by atoms with E-state index in [1.807, 2.05) is 0 Å². The van der Waals surface area contributed by atoms with Gasteiger partial charge in [-0.2, -0.15) is 0 Å². The lowest BCUT2D eigenvalue weighted by molar-refractivity contribution is -0.167. The summed E-state index contributed by atoms with van der Waals surface area (Å²) in [7, 11) is 0. The molecule has 0 amide bonds. The zero-order valence-corrected chi connectivity index (χ0v) is 49.9. The molecule has 0 radical (unpaired) electrons. The minimum Gasteiger partial charge on any atom is -0.462 e. The van der Waals surface area contributed by atoms with Crippen molar-refractivity contribution in [2.45, 2.75) is 367 Å². The second kappa shape index (κ2) is 63.2. The topological polar surface area (TPSA) is 78.9 Å². The number of allylic oxidation sites excluding steroid dienone is 6. The first-order valence-electron chi connectivity index (χ1n) is 33.0. The third-order valence-electron chi connectivity index (χ3n) is 14.9. The van der Waals surface area contributed by atoms with Crippen LogP contribution in [-0.4, -0.2) is 37.2 Å². The largest absolute Gasteiger partial charge is 0.462 e. The molecule has 0 saturated heterocycles. The monoisotopic (exact) mass is 1040 g/mol. The number of hydrogen-bond donors (Lipinski definition) is 0. The molecular weight excluding hydrogens is 913 g/mol. The molecule has 0 aromatic rings. The Morgan fingerprint density at radius 1 is 0.270 bits per heavy atom. The molecule has 0 saturated carbocycles. The minimum absolute atomic E-state index is 0.0742. The van der Waals surface area contributed by atoms with Crippen LogP contribution in [0.15, 0.2) is 36.5 Å². The molecule has 0 N–H and O–H groups in total. The summed E-state index contributed by atoms with van der Waals surface area (Å²) < 4.78 is 16.9. The van der Waals surface area contributed by atoms with Crippen LogP contribution in [0.4, 0.5) is 0 Å². The highest BCUT2D eigenvalue weighted by Gasteiger charge is 2.19. The van der Waals surface area contributed by atoms with E-state index in [1.54, 1.807) is 0 Å². The molecule has 1 unspecified atom stereocenters. The highest BCUT2D eigenvalue weighted by atomic mass is 16.6. The smallest absolute Gasteiger partial charge is 0.306 e. The van der Waals surface area contributed by atoms with E-state index in [-0.39, 0.29) is 31.1 Å². The van der Waals surface area contributed by atoms with E-state index in [0.29, 0.717) is 19.3 Å². The van der Waals surface area contributed by atoms with E-state index < -0.39 is 6.10 Å². The molecule has 434 valence electrons. The predicted octanol–water partition coefficient (Wildman–Crippen LogP) is 22.4. The Labute approximate surface area is 461 Å². The molecule has 0 aliphatic heterocycles. The van der Waals surface area contributed by atoms with E-state index >= 15 is 0 Å². The number of ether oxygens (including phenoxy) is 3. The number of carbonyl (C=O) groups is 3. The molecule has 0 rings (SSSR count). The van der Waals surface area contributed by atoms with Crippen LogP contribution in [0.1, 0.15) is 361 Å². The van der Waals surface area contributed by atoms with Crippen LogP contribution in [0.5, 0.6) is 0 Å². The van der Waals surface area contributed by atoms with Crippen LogP contribution in [0, 0.1) is 0 Å². The number of esters is 3. The zero-order valence-electron chi connectivity index (χ0n) is 49.9. The van der Waals surface area contributed by atoms with Crippen molar-refractivity contribution in [1.82, 2.24) is 0 Å². The van der Waals surface area contributed by atoms with Crippen molar-refractivity contribution in [3.63, 3.8) is 0 Å². The quantitative estimate of drug-likeness (QED) is 0.0261. The van der Waals surface area contributed by atoms with Gasteiger partial charge in [0.25, 0.3) is 0 Å². The molecule has 6 nitrogen and oxygen atoms in total. The number of carbonyl (C=O) groups excluding carboxylic acids is 3. The van der Waals surface area contributed by atoms with Crippen LogP contribution in [0.25, 0.3) is 0 Å². The van der Waals surface area contributed by atoms with E-state index in [1.165, 1.54) is 244 Å². The number of rotatable bonds is 61. The van der Waals surface area contributed by atoms with E-state index in [2.05, 4.69) is 57.2 Å². The standard InChI is InChI=1S/C68H126O6/c1-4-7-10-13-16-19-22-25-28-30-31-32-33-34-35-36-38-40-43-46-49-52-55-58-61-67(70)73-64-65(63-72-66(69)60-57-54-51-48-45-42-39-27-24-21-18-15-12-9-6-3)74-68(71)62-59-56-53-50-47-44-41-37-29-26-23-20-17-14-11-8-5-2/h18,21,26-27,29,39,65H,4-17,19-20,22-25,28,30-38,40-64H2,1-3H3/b21-18-,29-26-,39-27-. The highest BCUT2D eigenvalue weighted by Crippen LogP contribution is 2.18. The molecule has 0 aliphatic rings. The maximum atomic E-state index is 12.9. The molecule has 0 heterocycles. The van der Waals surface area contributed by atoms with Crippen LogP contribution < -0.4 is 0 Å². The molecule has 0 spiro atoms. The molecule has 1 atom stereocenters. The Bertz CT molecular complexity index is 1240. The molecule has 0 bridgehead atoms. The Balaban J connectivity index is 4.28. The maximum Gasteiger partial charge on any atom is 0.306 e. The van der Waals surface area contributed by atoms with Crippen molar-refractivity contribution in [3.05, 3.63) is 36.5 Å². The summed E-state index contributed by atoms with van der Waals surface area (Å²) in [6.07, 6.45) is 77.3. The maximum absolute atomic E-state index is 12.9. The van der Waals surface area contributed by atoms with Crippen LogP contribution in [0.3, 0.4) is 0 Å². The summed E-state index contributed by atoms with van der Waals surface area (Å²) in [5, 5.41) is 0. The molecule has 0 aliphatic carbocycles. The van der Waals surface area contributed by atoms with Crippen LogP contribution >= 0.6 is 0 Å². The second-order valence-electron chi connectivity index (χ2n) is 22.4. The highest BCUT2D eigenvalue weighted by molar-refractivity contribution is 5.71. The molecule has 0 aromatic carbocycles. The van der Waals surface area contributed by atoms with Gasteiger partial charge in [0.15, 0.2) is 6.10 Å². The van der Waals surface area contributed by atoms with Crippen molar-refractivity contribution < 1.29 is 28.6 Å². The number of unbranched alkanes of at least 4 members (excludes halogenated alkanes) is 44. The molecule has 74 heavy (non-hydrogen) atoms. The lowest BCUT2D eigenvalue weighted by atomic mass is 10.0. The van der Waals surface area contributed by atoms with Gasteiger partial charge < -0.3 is 14.2 Å². The Morgan fingerprint density at radius 3 is 0.784 bits per heavy atom. The summed E-state index contributed by atoms with van der Waals surface area (Å²) in [6, 6.07) is 0. The van der Waals surface area contributed by atoms with E-state index in [4.69, 9.17) is 14.2 Å². The zero-order chi connectivity index (χ0) is 53.6. The normalized spacial score (nSPS) is 12.2. The van der Waals surface area contributed by atoms with Crippen LogP contribution in [-0.2, 0) is 28.6 Å². The van der Waals surface area contributed by atoms with Gasteiger partial charge in [-0.25, -0.2) is 0 Å². The summed E-state index contributed by atoms with van der Waals surface area (Å²) >= 11 is 0. The van der Waals surface area contributed by atoms with Gasteiger partial charge in [0.1, 0.15) is 13.2 Å². The first kappa shape index (κ1) is 71.6. The van der Waals surface area contributed by atoms with Gasteiger partial charge in [-0.05, 0) is 77.0 Å². The lowest BCUT2D eigenvalue weighted by Gasteiger charge is -2.18. The van der Waals surface area contributed by atoms with Gasteiger partial charge in [0, 0.05) is 19.3 Å². The average Bonchev–Trinajstić information content (AvgIpc) is 3.40. The van der Waals surface area contributed by atoms with Crippen molar-refractivity contribution >= 4 is 17.9 Å². The first-order valence-corrected chi connectivity index (χ1v) is 33.0. The summed E-state index contributed by atoms with van der Waals surface area (Å²) in [6.45, 7) is 6.66. The van der Waals surface area contributed by atoms with E-state index in [9.17, 15) is 14.4 Å². The van der Waals surface area contributed by atoms with Gasteiger partial charge in [-0.15, -0.1) is 0 Å². The van der Waals surface area contributed by atoms with Gasteiger partial charge in [-0.1, -0.05) is 301 Å². The molecule has 0 fully saturated rings. The number of hydrogen-bond acceptors (Lipinski definition) is 6. The van der Waals surface area contributed by atoms with Crippen molar-refractivity contribution in [2.75, 3.05) is 13.2 Å². The van der Waals surface area contributed by atoms with E-state index in [0.717, 1.165) is 77.0 Å². The third-order valence-corrected chi connectivity index (χ3v) is 14.9. The summed E-state index contributed by atoms with van der Waals surface area (Å²) in [4.78, 5) is 38.3. The fourth-order valence-electron chi connectivity index (χ4n) is 9.88. The van der Waals surface area contributed by atoms with Crippen molar-refractivity contribution in [3.8, 4) is 0 Å². The van der Waals surface area contributed by atoms with Gasteiger partial charge in [-0.3, -0.25) is 14.4 Å². The van der Waals surface area contributed by atoms with Crippen LogP contribution in [0.2, 0.25) is 0 Å². The average molecular weight is 1040 g/mol. The second-order valence-corrected chi connectivity index (χ2v) is 22.4. The van der Waals surface area contributed by atoms with Crippen molar-refractivity contribution in [2.24, 2.45) is 0 Å². The molecule has 0 aromatic heterocycles. The Hall–Kier alpha value is -2.37. The fourth-order valence-corrected chi connectivity index (χ4v) is 9.88. The fraction of sp³-hybridized carbons (Fsp3) is 0.868. The summed E-state index contributed by atoms with van der Waals surface area (Å²) in [5.74, 6) is -0.869. The van der Waals surface area contributed by atoms with Gasteiger partial charge in [0.05, 0.1) is 0 Å². The predicted molar refractivity (Wildman–Crippen MR) is 321 cm³/mol. The first-order chi connectivity index (χ1) is 36.5. The third kappa shape index (κ3) is 60.5. The SMILES string of the molecule is CCCCC/C=C\C/C=C\CCCCCCCC(=O)OCC(COC(=O)CCCCCCCCCCCCCCCCCCCCCCCCCC)OC(=O)CCCCCCCCC/C=C\CCCCCCCC. The Kier molecular flexibility index (Phi) is 61.1. The molecule has 6 heteroatoms. The summed E-state index contributed by atoms with van der Waals surface area (Å²) in [5.41, 5.74) is 0. The van der Waals surface area contributed by atoms with Gasteiger partial charge in [0.2, 0.25) is 0 Å². The minimum atomic E-state index is -0.779. The van der Waals surface area contributed by atoms with Gasteiger partial charge >= 0.3 is 17.9 Å².